The lowest BCUT2D eigenvalue weighted by molar-refractivity contribution is 0.0810. The predicted octanol–water partition coefficient (Wildman–Crippen LogP) is 4.00. The third kappa shape index (κ3) is 4.93. The van der Waals surface area contributed by atoms with Crippen LogP contribution in [0.5, 0.6) is 5.88 Å². The number of halogens is 1. The number of carbonyl (C=O) groups is 1. The van der Waals surface area contributed by atoms with Crippen molar-refractivity contribution in [2.45, 2.75) is 44.6 Å². The number of ether oxygens (including phenoxy) is 1. The molecule has 1 aliphatic heterocycles. The third-order valence-electron chi connectivity index (χ3n) is 6.83. The minimum absolute atomic E-state index is 0.0438. The molecule has 4 heterocycles. The summed E-state index contributed by atoms with van der Waals surface area (Å²) in [5.74, 6) is -0.0431. The Morgan fingerprint density at radius 3 is 2.60 bits per heavy atom. The molecule has 0 bridgehead atoms. The molecule has 1 N–H and O–H groups in total. The van der Waals surface area contributed by atoms with Crippen molar-refractivity contribution in [3.63, 3.8) is 0 Å². The van der Waals surface area contributed by atoms with E-state index in [1.54, 1.807) is 30.9 Å². The van der Waals surface area contributed by atoms with Crippen molar-refractivity contribution < 1.29 is 13.9 Å². The van der Waals surface area contributed by atoms with Crippen LogP contribution in [0, 0.1) is 5.82 Å². The maximum Gasteiger partial charge on any atom is 0.273 e. The number of pyridine rings is 1. The zero-order valence-electron chi connectivity index (χ0n) is 20.3. The highest BCUT2D eigenvalue weighted by Gasteiger charge is 2.31. The molecule has 186 valence electrons. The van der Waals surface area contributed by atoms with Crippen LogP contribution < -0.4 is 10.1 Å². The van der Waals surface area contributed by atoms with Crippen LogP contribution in [0.3, 0.4) is 0 Å². The Balaban J connectivity index is 1.35. The summed E-state index contributed by atoms with van der Waals surface area (Å²) in [5, 5.41) is 3.40. The molecule has 0 atom stereocenters. The van der Waals surface area contributed by atoms with Gasteiger partial charge in [-0.3, -0.25) is 9.69 Å². The highest BCUT2D eigenvalue weighted by molar-refractivity contribution is 5.98. The van der Waals surface area contributed by atoms with Gasteiger partial charge < -0.3 is 19.5 Å². The highest BCUT2D eigenvalue weighted by Crippen LogP contribution is 2.36. The summed E-state index contributed by atoms with van der Waals surface area (Å²) >= 11 is 0. The summed E-state index contributed by atoms with van der Waals surface area (Å²) < 4.78 is 22.9. The van der Waals surface area contributed by atoms with Gasteiger partial charge in [0, 0.05) is 38.9 Å². The van der Waals surface area contributed by atoms with E-state index in [4.69, 9.17) is 4.74 Å². The number of anilines is 2. The zero-order chi connectivity index (χ0) is 24.4. The Kier molecular flexibility index (Phi) is 6.81. The lowest BCUT2D eigenvalue weighted by atomic mass is 10.2. The van der Waals surface area contributed by atoms with Crippen molar-refractivity contribution in [3.05, 3.63) is 36.0 Å². The van der Waals surface area contributed by atoms with E-state index in [9.17, 15) is 4.79 Å². The van der Waals surface area contributed by atoms with Crippen LogP contribution >= 0.6 is 0 Å². The number of amides is 1. The number of hydrogen-bond acceptors (Lipinski definition) is 7. The number of hydrogen-bond donors (Lipinski definition) is 1. The molecule has 1 amide bonds. The minimum Gasteiger partial charge on any atom is -0.476 e. The molecule has 2 aliphatic rings. The second-order valence-corrected chi connectivity index (χ2v) is 9.51. The Labute approximate surface area is 204 Å². The van der Waals surface area contributed by atoms with Gasteiger partial charge in [0.05, 0.1) is 17.3 Å². The molecule has 10 heteroatoms. The largest absolute Gasteiger partial charge is 0.476 e. The van der Waals surface area contributed by atoms with Crippen molar-refractivity contribution in [1.82, 2.24) is 29.3 Å². The standard InChI is InChI=1S/C25H32FN7O2/c1-31(2)24(34)22-21(26)19-16-28-25(30-23(19)33(22)18-7-3-4-8-18)29-17-9-10-20(27-15-17)35-14-13-32-11-5-6-12-32/h9-10,15-16,18H,3-8,11-14H2,1-2H3,(H,28,29,30). The molecule has 9 nitrogen and oxygen atoms in total. The first-order valence-electron chi connectivity index (χ1n) is 12.4. The molecular weight excluding hydrogens is 449 g/mol. The maximum absolute atomic E-state index is 15.4. The van der Waals surface area contributed by atoms with E-state index in [-0.39, 0.29) is 23.0 Å². The van der Waals surface area contributed by atoms with Gasteiger partial charge in [-0.15, -0.1) is 0 Å². The number of rotatable bonds is 8. The predicted molar refractivity (Wildman–Crippen MR) is 132 cm³/mol. The normalized spacial score (nSPS) is 16.8. The molecule has 0 spiro atoms. The minimum atomic E-state index is -0.561. The summed E-state index contributed by atoms with van der Waals surface area (Å²) in [6, 6.07) is 3.70. The first-order chi connectivity index (χ1) is 17.0. The molecule has 3 aromatic rings. The van der Waals surface area contributed by atoms with Crippen molar-refractivity contribution in [2.75, 3.05) is 45.7 Å². The number of nitrogens with zero attached hydrogens (tertiary/aromatic N) is 6. The average molecular weight is 482 g/mol. The summed E-state index contributed by atoms with van der Waals surface area (Å²) in [6.07, 6.45) is 9.53. The van der Waals surface area contributed by atoms with Crippen LogP contribution in [0.15, 0.2) is 24.5 Å². The lowest BCUT2D eigenvalue weighted by Gasteiger charge is -2.18. The molecule has 1 saturated heterocycles. The van der Waals surface area contributed by atoms with Gasteiger partial charge in [-0.05, 0) is 44.8 Å². The van der Waals surface area contributed by atoms with Gasteiger partial charge >= 0.3 is 0 Å². The second-order valence-electron chi connectivity index (χ2n) is 9.51. The summed E-state index contributed by atoms with van der Waals surface area (Å²) in [6.45, 7) is 3.80. The van der Waals surface area contributed by atoms with Gasteiger partial charge in [0.1, 0.15) is 17.9 Å². The third-order valence-corrected chi connectivity index (χ3v) is 6.83. The van der Waals surface area contributed by atoms with E-state index < -0.39 is 5.82 Å². The van der Waals surface area contributed by atoms with Gasteiger partial charge in [0.15, 0.2) is 5.82 Å². The summed E-state index contributed by atoms with van der Waals surface area (Å²) in [5.41, 5.74) is 1.19. The van der Waals surface area contributed by atoms with Crippen LogP contribution in [0.1, 0.15) is 55.1 Å². The molecule has 0 radical (unpaired) electrons. The molecule has 1 aliphatic carbocycles. The lowest BCUT2D eigenvalue weighted by Crippen LogP contribution is -2.26. The molecule has 35 heavy (non-hydrogen) atoms. The van der Waals surface area contributed by atoms with Crippen LogP contribution in [0.4, 0.5) is 16.0 Å². The number of carbonyl (C=O) groups excluding carboxylic acids is 1. The van der Waals surface area contributed by atoms with Gasteiger partial charge in [-0.25, -0.2) is 14.4 Å². The fraction of sp³-hybridized carbons (Fsp3) is 0.520. The van der Waals surface area contributed by atoms with Gasteiger partial charge in [0.25, 0.3) is 5.91 Å². The molecule has 1 saturated carbocycles. The molecule has 0 aromatic carbocycles. The highest BCUT2D eigenvalue weighted by atomic mass is 19.1. The summed E-state index contributed by atoms with van der Waals surface area (Å²) in [7, 11) is 3.26. The molecular formula is C25H32FN7O2. The SMILES string of the molecule is CN(C)C(=O)c1c(F)c2cnc(Nc3ccc(OCCN4CCCC4)nc3)nc2n1C1CCCC1. The van der Waals surface area contributed by atoms with Crippen molar-refractivity contribution >= 4 is 28.6 Å². The first kappa shape index (κ1) is 23.5. The zero-order valence-corrected chi connectivity index (χ0v) is 20.3. The Hall–Kier alpha value is -3.27. The van der Waals surface area contributed by atoms with E-state index in [1.807, 2.05) is 6.07 Å². The Morgan fingerprint density at radius 1 is 1.14 bits per heavy atom. The van der Waals surface area contributed by atoms with Crippen molar-refractivity contribution in [1.29, 1.82) is 0 Å². The van der Waals surface area contributed by atoms with Crippen LogP contribution in [-0.4, -0.2) is 75.6 Å². The van der Waals surface area contributed by atoms with Gasteiger partial charge in [-0.1, -0.05) is 12.8 Å². The average Bonchev–Trinajstić information content (AvgIpc) is 3.61. The number of nitrogens with one attached hydrogen (secondary N) is 1. The molecule has 3 aromatic heterocycles. The quantitative estimate of drug-likeness (QED) is 0.520. The Bertz CT molecular complexity index is 1180. The Morgan fingerprint density at radius 2 is 1.91 bits per heavy atom. The van der Waals surface area contributed by atoms with Crippen molar-refractivity contribution in [3.8, 4) is 5.88 Å². The maximum atomic E-state index is 15.4. The van der Waals surface area contributed by atoms with E-state index in [0.717, 1.165) is 45.3 Å². The van der Waals surface area contributed by atoms with E-state index in [1.165, 1.54) is 23.9 Å². The van der Waals surface area contributed by atoms with E-state index >= 15 is 4.39 Å². The molecule has 2 fully saturated rings. The smallest absolute Gasteiger partial charge is 0.273 e. The number of aromatic nitrogens is 4. The second kappa shape index (κ2) is 10.2. The monoisotopic (exact) mass is 481 g/mol. The van der Waals surface area contributed by atoms with E-state index in [0.29, 0.717) is 29.8 Å². The van der Waals surface area contributed by atoms with Gasteiger partial charge in [-0.2, -0.15) is 4.98 Å². The first-order valence-corrected chi connectivity index (χ1v) is 12.4. The number of fused-ring (bicyclic) bond motifs is 1. The topological polar surface area (TPSA) is 88.4 Å². The van der Waals surface area contributed by atoms with E-state index in [2.05, 4.69) is 25.2 Å². The van der Waals surface area contributed by atoms with Gasteiger partial charge in [0.2, 0.25) is 11.8 Å². The fourth-order valence-electron chi connectivity index (χ4n) is 4.99. The molecule has 0 unspecified atom stereocenters. The number of likely N-dealkylation sites (tertiary alicyclic amines) is 1. The summed E-state index contributed by atoms with van der Waals surface area (Å²) in [4.78, 5) is 29.9. The van der Waals surface area contributed by atoms with Crippen molar-refractivity contribution in [2.24, 2.45) is 0 Å². The van der Waals surface area contributed by atoms with Crippen LogP contribution in [0.2, 0.25) is 0 Å². The van der Waals surface area contributed by atoms with Crippen LogP contribution in [0.25, 0.3) is 11.0 Å². The van der Waals surface area contributed by atoms with Crippen LogP contribution in [-0.2, 0) is 0 Å². The molecule has 5 rings (SSSR count). The fourth-order valence-corrected chi connectivity index (χ4v) is 4.99.